The van der Waals surface area contributed by atoms with E-state index in [2.05, 4.69) is 21.7 Å². The molecule has 0 fully saturated rings. The van der Waals surface area contributed by atoms with Crippen molar-refractivity contribution in [2.75, 3.05) is 7.11 Å². The molecule has 112 valence electrons. The van der Waals surface area contributed by atoms with Crippen LogP contribution in [-0.4, -0.2) is 21.9 Å². The van der Waals surface area contributed by atoms with Gasteiger partial charge in [0.2, 0.25) is 0 Å². The Morgan fingerprint density at radius 1 is 1.00 bits per heavy atom. The highest BCUT2D eigenvalue weighted by molar-refractivity contribution is 6.30. The predicted octanol–water partition coefficient (Wildman–Crippen LogP) is 4.16. The van der Waals surface area contributed by atoms with Crippen molar-refractivity contribution in [3.63, 3.8) is 0 Å². The highest BCUT2D eigenvalue weighted by Crippen LogP contribution is 2.25. The molecule has 0 atom stereocenters. The number of methoxy groups -OCH3 is 1. The fourth-order valence-electron chi connectivity index (χ4n) is 2.33. The van der Waals surface area contributed by atoms with Gasteiger partial charge in [-0.1, -0.05) is 18.5 Å². The zero-order valence-corrected chi connectivity index (χ0v) is 13.2. The maximum Gasteiger partial charge on any atom is 0.168 e. The second kappa shape index (κ2) is 6.20. The maximum absolute atomic E-state index is 5.98. The van der Waals surface area contributed by atoms with Crippen LogP contribution >= 0.6 is 11.6 Å². The van der Waals surface area contributed by atoms with Crippen LogP contribution in [-0.2, 0) is 6.42 Å². The van der Waals surface area contributed by atoms with Crippen molar-refractivity contribution in [1.82, 2.24) is 14.8 Å². The lowest BCUT2D eigenvalue weighted by atomic mass is 10.2. The lowest BCUT2D eigenvalue weighted by Gasteiger charge is -2.10. The number of aromatic nitrogens is 3. The molecule has 0 unspecified atom stereocenters. The second-order valence-corrected chi connectivity index (χ2v) is 5.27. The molecule has 1 heterocycles. The van der Waals surface area contributed by atoms with Gasteiger partial charge < -0.3 is 4.74 Å². The molecule has 3 rings (SSSR count). The molecular weight excluding hydrogens is 298 g/mol. The Labute approximate surface area is 134 Å². The second-order valence-electron chi connectivity index (χ2n) is 4.83. The SMILES string of the molecule is CCc1nnc(-c2ccc(OC)cc2)n1-c1ccc(Cl)cc1. The van der Waals surface area contributed by atoms with E-state index in [0.29, 0.717) is 5.02 Å². The van der Waals surface area contributed by atoms with Crippen LogP contribution in [0.5, 0.6) is 5.75 Å². The van der Waals surface area contributed by atoms with E-state index in [1.807, 2.05) is 48.5 Å². The standard InChI is InChI=1S/C17H16ClN3O/c1-3-16-19-20-17(12-4-10-15(22-2)11-5-12)21(16)14-8-6-13(18)7-9-14/h4-11H,3H2,1-2H3. The Morgan fingerprint density at radius 3 is 2.27 bits per heavy atom. The van der Waals surface area contributed by atoms with Crippen LogP contribution in [0.15, 0.2) is 48.5 Å². The molecule has 0 aliphatic rings. The number of ether oxygens (including phenoxy) is 1. The highest BCUT2D eigenvalue weighted by Gasteiger charge is 2.14. The number of hydrogen-bond donors (Lipinski definition) is 0. The van der Waals surface area contributed by atoms with Crippen molar-refractivity contribution in [2.45, 2.75) is 13.3 Å². The molecular formula is C17H16ClN3O. The van der Waals surface area contributed by atoms with Crippen LogP contribution in [0.4, 0.5) is 0 Å². The van der Waals surface area contributed by atoms with E-state index >= 15 is 0 Å². The normalized spacial score (nSPS) is 10.7. The molecule has 0 aliphatic heterocycles. The first kappa shape index (κ1) is 14.6. The monoisotopic (exact) mass is 313 g/mol. The average molecular weight is 314 g/mol. The van der Waals surface area contributed by atoms with Crippen LogP contribution in [0.3, 0.4) is 0 Å². The summed E-state index contributed by atoms with van der Waals surface area (Å²) < 4.78 is 7.26. The molecule has 22 heavy (non-hydrogen) atoms. The zero-order chi connectivity index (χ0) is 15.5. The number of benzene rings is 2. The van der Waals surface area contributed by atoms with Gasteiger partial charge in [0.05, 0.1) is 7.11 Å². The molecule has 3 aromatic rings. The van der Waals surface area contributed by atoms with Crippen LogP contribution < -0.4 is 4.74 Å². The van der Waals surface area contributed by atoms with Crippen molar-refractivity contribution in [1.29, 1.82) is 0 Å². The lowest BCUT2D eigenvalue weighted by molar-refractivity contribution is 0.415. The van der Waals surface area contributed by atoms with Crippen LogP contribution in [0.2, 0.25) is 5.02 Å². The van der Waals surface area contributed by atoms with Gasteiger partial charge in [-0.2, -0.15) is 0 Å². The number of rotatable bonds is 4. The number of aryl methyl sites for hydroxylation is 1. The van der Waals surface area contributed by atoms with Crippen LogP contribution in [0.25, 0.3) is 17.1 Å². The zero-order valence-electron chi connectivity index (χ0n) is 12.5. The first-order valence-electron chi connectivity index (χ1n) is 7.07. The number of halogens is 1. The summed E-state index contributed by atoms with van der Waals surface area (Å²) >= 11 is 5.98. The summed E-state index contributed by atoms with van der Waals surface area (Å²) in [5.41, 5.74) is 1.99. The first-order chi connectivity index (χ1) is 10.7. The van der Waals surface area contributed by atoms with Crippen molar-refractivity contribution >= 4 is 11.6 Å². The molecule has 0 amide bonds. The van der Waals surface area contributed by atoms with E-state index < -0.39 is 0 Å². The van der Waals surface area contributed by atoms with E-state index in [1.54, 1.807) is 7.11 Å². The van der Waals surface area contributed by atoms with E-state index in [9.17, 15) is 0 Å². The van der Waals surface area contributed by atoms with Crippen molar-refractivity contribution in [3.05, 3.63) is 59.4 Å². The first-order valence-corrected chi connectivity index (χ1v) is 7.45. The summed E-state index contributed by atoms with van der Waals surface area (Å²) in [7, 11) is 1.65. The minimum atomic E-state index is 0.709. The van der Waals surface area contributed by atoms with Crippen LogP contribution in [0, 0.1) is 0 Å². The molecule has 1 aromatic heterocycles. The molecule has 0 radical (unpaired) electrons. The fourth-order valence-corrected chi connectivity index (χ4v) is 2.46. The Balaban J connectivity index is 2.11. The molecule has 0 saturated carbocycles. The molecule has 0 bridgehead atoms. The Morgan fingerprint density at radius 2 is 1.68 bits per heavy atom. The molecule has 2 aromatic carbocycles. The molecule has 5 heteroatoms. The van der Waals surface area contributed by atoms with Gasteiger partial charge in [-0.05, 0) is 48.5 Å². The summed E-state index contributed by atoms with van der Waals surface area (Å²) in [6, 6.07) is 15.5. The van der Waals surface area contributed by atoms with Gasteiger partial charge in [0, 0.05) is 22.7 Å². The van der Waals surface area contributed by atoms with E-state index in [1.165, 1.54) is 0 Å². The molecule has 0 aliphatic carbocycles. The van der Waals surface area contributed by atoms with Gasteiger partial charge in [-0.3, -0.25) is 4.57 Å². The summed E-state index contributed by atoms with van der Waals surface area (Å²) in [4.78, 5) is 0. The molecule has 0 N–H and O–H groups in total. The topological polar surface area (TPSA) is 39.9 Å². The number of hydrogen-bond acceptors (Lipinski definition) is 3. The van der Waals surface area contributed by atoms with Gasteiger partial charge in [0.25, 0.3) is 0 Å². The molecule has 0 spiro atoms. The minimum absolute atomic E-state index is 0.709. The Hall–Kier alpha value is -2.33. The van der Waals surface area contributed by atoms with Gasteiger partial charge in [-0.15, -0.1) is 10.2 Å². The lowest BCUT2D eigenvalue weighted by Crippen LogP contribution is -2.02. The van der Waals surface area contributed by atoms with Crippen molar-refractivity contribution in [2.24, 2.45) is 0 Å². The third-order valence-electron chi connectivity index (χ3n) is 3.48. The summed E-state index contributed by atoms with van der Waals surface area (Å²) in [6.07, 6.45) is 0.797. The number of nitrogens with zero attached hydrogens (tertiary/aromatic N) is 3. The summed E-state index contributed by atoms with van der Waals surface area (Å²) in [5.74, 6) is 2.53. The highest BCUT2D eigenvalue weighted by atomic mass is 35.5. The average Bonchev–Trinajstić information content (AvgIpc) is 2.99. The largest absolute Gasteiger partial charge is 0.497 e. The smallest absolute Gasteiger partial charge is 0.168 e. The van der Waals surface area contributed by atoms with Crippen molar-refractivity contribution in [3.8, 4) is 22.8 Å². The van der Waals surface area contributed by atoms with Gasteiger partial charge >= 0.3 is 0 Å². The van der Waals surface area contributed by atoms with Gasteiger partial charge in [0.15, 0.2) is 5.82 Å². The Bertz CT molecular complexity index is 764. The molecule has 0 saturated heterocycles. The van der Waals surface area contributed by atoms with Crippen LogP contribution in [0.1, 0.15) is 12.7 Å². The van der Waals surface area contributed by atoms with E-state index in [0.717, 1.165) is 35.1 Å². The fraction of sp³-hybridized carbons (Fsp3) is 0.176. The third-order valence-corrected chi connectivity index (χ3v) is 3.73. The van der Waals surface area contributed by atoms with E-state index in [4.69, 9.17) is 16.3 Å². The maximum atomic E-state index is 5.98. The summed E-state index contributed by atoms with van der Waals surface area (Å²) in [6.45, 7) is 2.06. The van der Waals surface area contributed by atoms with Crippen molar-refractivity contribution < 1.29 is 4.74 Å². The predicted molar refractivity (Wildman–Crippen MR) is 87.7 cm³/mol. The third kappa shape index (κ3) is 2.70. The van der Waals surface area contributed by atoms with E-state index in [-0.39, 0.29) is 0 Å². The quantitative estimate of drug-likeness (QED) is 0.726. The minimum Gasteiger partial charge on any atom is -0.497 e. The van der Waals surface area contributed by atoms with Gasteiger partial charge in [-0.25, -0.2) is 0 Å². The summed E-state index contributed by atoms with van der Waals surface area (Å²) in [5, 5.41) is 9.36. The molecule has 4 nitrogen and oxygen atoms in total. The van der Waals surface area contributed by atoms with Gasteiger partial charge in [0.1, 0.15) is 11.6 Å². The Kier molecular flexibility index (Phi) is 4.11.